The molecule has 0 saturated carbocycles. The van der Waals surface area contributed by atoms with Crippen molar-refractivity contribution in [3.63, 3.8) is 0 Å². The molecule has 0 spiro atoms. The summed E-state index contributed by atoms with van der Waals surface area (Å²) in [4.78, 5) is 0. The van der Waals surface area contributed by atoms with Gasteiger partial charge in [0, 0.05) is 0 Å². The second-order valence-corrected chi connectivity index (χ2v) is 1.61. The molecule has 1 rings (SSSR count). The van der Waals surface area contributed by atoms with Crippen molar-refractivity contribution in [3.8, 4) is 5.75 Å². The van der Waals surface area contributed by atoms with Gasteiger partial charge in [0.05, 0.1) is 0 Å². The van der Waals surface area contributed by atoms with Crippen molar-refractivity contribution in [2.24, 2.45) is 0 Å². The monoisotopic (exact) mass is 127 g/mol. The normalized spacial score (nSPS) is 9.00. The molecule has 0 bridgehead atoms. The van der Waals surface area contributed by atoms with Crippen molar-refractivity contribution in [1.29, 1.82) is 0 Å². The Labute approximate surface area is 51.9 Å². The molecule has 0 heterocycles. The number of nitrogens with one attached hydrogen (secondary N) is 1. The topological polar surface area (TPSA) is 32.3 Å². The van der Waals surface area contributed by atoms with Crippen LogP contribution in [0.5, 0.6) is 5.75 Å². The standard InChI is InChI=1S/C6H6FNO/c7-8-5-3-1-2-4-6(5)9/h1-4,8-9H. The third-order valence-electron chi connectivity index (χ3n) is 1.01. The average molecular weight is 127 g/mol. The van der Waals surface area contributed by atoms with E-state index >= 15 is 0 Å². The van der Waals surface area contributed by atoms with Gasteiger partial charge in [-0.05, 0) is 12.1 Å². The van der Waals surface area contributed by atoms with Gasteiger partial charge in [-0.1, -0.05) is 12.1 Å². The number of anilines is 1. The highest BCUT2D eigenvalue weighted by atomic mass is 19.2. The average Bonchev–Trinajstić information content (AvgIpc) is 1.89. The van der Waals surface area contributed by atoms with Crippen LogP contribution in [0.1, 0.15) is 0 Å². The first kappa shape index (κ1) is 5.88. The summed E-state index contributed by atoms with van der Waals surface area (Å²) in [6.07, 6.45) is 0. The van der Waals surface area contributed by atoms with Gasteiger partial charge in [0.25, 0.3) is 0 Å². The van der Waals surface area contributed by atoms with Crippen LogP contribution in [0.3, 0.4) is 0 Å². The van der Waals surface area contributed by atoms with Crippen molar-refractivity contribution in [2.75, 3.05) is 5.54 Å². The van der Waals surface area contributed by atoms with Crippen molar-refractivity contribution >= 4 is 5.69 Å². The number of phenols is 1. The van der Waals surface area contributed by atoms with Crippen LogP contribution < -0.4 is 5.54 Å². The summed E-state index contributed by atoms with van der Waals surface area (Å²) >= 11 is 0. The molecule has 48 valence electrons. The molecule has 1 aromatic rings. The molecule has 0 aliphatic heterocycles. The molecule has 0 saturated heterocycles. The number of hydrogen-bond donors (Lipinski definition) is 2. The van der Waals surface area contributed by atoms with E-state index in [1.54, 1.807) is 12.1 Å². The lowest BCUT2D eigenvalue weighted by Crippen LogP contribution is -1.79. The molecule has 2 N–H and O–H groups in total. The third-order valence-corrected chi connectivity index (χ3v) is 1.01. The van der Waals surface area contributed by atoms with Gasteiger partial charge in [0.1, 0.15) is 11.4 Å². The first-order valence-corrected chi connectivity index (χ1v) is 2.49. The Morgan fingerprint density at radius 3 is 2.44 bits per heavy atom. The zero-order chi connectivity index (χ0) is 6.69. The third kappa shape index (κ3) is 1.10. The van der Waals surface area contributed by atoms with Gasteiger partial charge in [-0.25, -0.2) is 5.54 Å². The number of hydrogen-bond acceptors (Lipinski definition) is 2. The Morgan fingerprint density at radius 2 is 2.00 bits per heavy atom. The highest BCUT2D eigenvalue weighted by Gasteiger charge is 1.94. The van der Waals surface area contributed by atoms with Gasteiger partial charge in [-0.2, -0.15) is 0 Å². The summed E-state index contributed by atoms with van der Waals surface area (Å²) < 4.78 is 11.6. The van der Waals surface area contributed by atoms with Crippen molar-refractivity contribution in [2.45, 2.75) is 0 Å². The second-order valence-electron chi connectivity index (χ2n) is 1.61. The van der Waals surface area contributed by atoms with Crippen molar-refractivity contribution < 1.29 is 9.59 Å². The van der Waals surface area contributed by atoms with Gasteiger partial charge in [-0.15, -0.1) is 4.48 Å². The lowest BCUT2D eigenvalue weighted by molar-refractivity contribution is 0.471. The molecule has 1 aromatic carbocycles. The first-order chi connectivity index (χ1) is 4.34. The second kappa shape index (κ2) is 2.35. The minimum absolute atomic E-state index is 0.0833. The molecule has 0 aliphatic rings. The molecule has 3 heteroatoms. The molecule has 0 amide bonds. The molecular formula is C6H6FNO. The van der Waals surface area contributed by atoms with Crippen LogP contribution >= 0.6 is 0 Å². The van der Waals surface area contributed by atoms with Crippen LogP contribution in [0.25, 0.3) is 0 Å². The van der Waals surface area contributed by atoms with Crippen LogP contribution in [0, 0.1) is 0 Å². The zero-order valence-corrected chi connectivity index (χ0v) is 4.63. The summed E-state index contributed by atoms with van der Waals surface area (Å²) in [7, 11) is 0. The van der Waals surface area contributed by atoms with Gasteiger partial charge in [0.15, 0.2) is 0 Å². The van der Waals surface area contributed by atoms with E-state index in [0.29, 0.717) is 0 Å². The maximum Gasteiger partial charge on any atom is 0.141 e. The Bertz CT molecular complexity index is 202. The van der Waals surface area contributed by atoms with E-state index in [9.17, 15) is 4.48 Å². The molecular weight excluding hydrogens is 121 g/mol. The molecule has 0 aromatic heterocycles. The predicted molar refractivity (Wildman–Crippen MR) is 32.8 cm³/mol. The Hall–Kier alpha value is -1.25. The summed E-state index contributed by atoms with van der Waals surface area (Å²) in [5.74, 6) is -0.0833. The van der Waals surface area contributed by atoms with E-state index in [2.05, 4.69) is 0 Å². The van der Waals surface area contributed by atoms with Crippen LogP contribution in [0.2, 0.25) is 0 Å². The molecule has 2 nitrogen and oxygen atoms in total. The maximum absolute atomic E-state index is 11.6. The lowest BCUT2D eigenvalue weighted by atomic mass is 10.3. The highest BCUT2D eigenvalue weighted by molar-refractivity contribution is 5.53. The molecule has 9 heavy (non-hydrogen) atoms. The van der Waals surface area contributed by atoms with E-state index in [-0.39, 0.29) is 11.4 Å². The van der Waals surface area contributed by atoms with Gasteiger partial charge < -0.3 is 5.11 Å². The molecule has 0 fully saturated rings. The van der Waals surface area contributed by atoms with Crippen LogP contribution in [-0.4, -0.2) is 5.11 Å². The summed E-state index contributed by atoms with van der Waals surface area (Å²) in [5, 5.41) is 8.81. The summed E-state index contributed by atoms with van der Waals surface area (Å²) in [6.45, 7) is 0. The van der Waals surface area contributed by atoms with E-state index in [0.717, 1.165) is 0 Å². The largest absolute Gasteiger partial charge is 0.506 e. The van der Waals surface area contributed by atoms with E-state index in [1.807, 2.05) is 0 Å². The van der Waals surface area contributed by atoms with Gasteiger partial charge in [-0.3, -0.25) is 0 Å². The number of rotatable bonds is 1. The Morgan fingerprint density at radius 1 is 1.33 bits per heavy atom. The fraction of sp³-hybridized carbons (Fsp3) is 0. The maximum atomic E-state index is 11.6. The summed E-state index contributed by atoms with van der Waals surface area (Å²) in [6, 6.07) is 6.09. The first-order valence-electron chi connectivity index (χ1n) is 2.49. The minimum Gasteiger partial charge on any atom is -0.506 e. The highest BCUT2D eigenvalue weighted by Crippen LogP contribution is 2.20. The van der Waals surface area contributed by atoms with Gasteiger partial charge >= 0.3 is 0 Å². The lowest BCUT2D eigenvalue weighted by Gasteiger charge is -1.96. The van der Waals surface area contributed by atoms with E-state index in [4.69, 9.17) is 5.11 Å². The minimum atomic E-state index is -0.0833. The number of aromatic hydroxyl groups is 1. The zero-order valence-electron chi connectivity index (χ0n) is 4.63. The molecule has 0 unspecified atom stereocenters. The molecule has 0 radical (unpaired) electrons. The molecule has 0 aliphatic carbocycles. The number of benzene rings is 1. The predicted octanol–water partition coefficient (Wildman–Crippen LogP) is 1.69. The van der Waals surface area contributed by atoms with Crippen LogP contribution in [-0.2, 0) is 0 Å². The summed E-state index contributed by atoms with van der Waals surface area (Å²) in [5.41, 5.74) is 1.44. The van der Waals surface area contributed by atoms with E-state index in [1.165, 1.54) is 17.7 Å². The quantitative estimate of drug-likeness (QED) is 0.444. The smallest absolute Gasteiger partial charge is 0.141 e. The fourth-order valence-corrected chi connectivity index (χ4v) is 0.554. The number of para-hydroxylation sites is 2. The fourth-order valence-electron chi connectivity index (χ4n) is 0.554. The number of phenolic OH excluding ortho intramolecular Hbond substituents is 1. The SMILES string of the molecule is Oc1ccccc1NF. The Kier molecular flexibility index (Phi) is 1.53. The van der Waals surface area contributed by atoms with Gasteiger partial charge in [0.2, 0.25) is 0 Å². The Balaban J connectivity index is 3.01. The van der Waals surface area contributed by atoms with E-state index < -0.39 is 0 Å². The molecule has 0 atom stereocenters. The van der Waals surface area contributed by atoms with Crippen molar-refractivity contribution in [3.05, 3.63) is 24.3 Å². The van der Waals surface area contributed by atoms with Crippen LogP contribution in [0.15, 0.2) is 24.3 Å². The van der Waals surface area contributed by atoms with Crippen LogP contribution in [0.4, 0.5) is 10.2 Å². The van der Waals surface area contributed by atoms with Crippen molar-refractivity contribution in [1.82, 2.24) is 0 Å². The number of halogens is 1.